The van der Waals surface area contributed by atoms with E-state index in [-0.39, 0.29) is 24.4 Å². The van der Waals surface area contributed by atoms with Crippen molar-refractivity contribution >= 4 is 16.9 Å². The summed E-state index contributed by atoms with van der Waals surface area (Å²) in [4.78, 5) is 37.4. The van der Waals surface area contributed by atoms with E-state index in [1.54, 1.807) is 12.1 Å². The van der Waals surface area contributed by atoms with Gasteiger partial charge in [-0.25, -0.2) is 9.59 Å². The summed E-state index contributed by atoms with van der Waals surface area (Å²) in [5, 5.41) is 19.3. The summed E-state index contributed by atoms with van der Waals surface area (Å²) < 4.78 is 2.63. The van der Waals surface area contributed by atoms with E-state index in [9.17, 15) is 19.5 Å². The van der Waals surface area contributed by atoms with E-state index in [1.165, 1.54) is 39.5 Å². The number of aromatic carboxylic acids is 1. The molecule has 0 saturated carbocycles. The normalized spacial score (nSPS) is 11.0. The van der Waals surface area contributed by atoms with Crippen molar-refractivity contribution in [2.24, 2.45) is 0 Å². The Hall–Kier alpha value is -4.13. The van der Waals surface area contributed by atoms with Gasteiger partial charge in [0.1, 0.15) is 5.75 Å². The highest BCUT2D eigenvalue weighted by molar-refractivity contribution is 5.87. The molecule has 1 heterocycles. The van der Waals surface area contributed by atoms with Gasteiger partial charge in [0.05, 0.1) is 23.0 Å². The Morgan fingerprint density at radius 3 is 2.23 bits per heavy atom. The van der Waals surface area contributed by atoms with Gasteiger partial charge in [-0.3, -0.25) is 13.9 Å². The number of phenolic OH excluding ortho intramolecular Hbond substituents is 1. The molecular weight excluding hydrogens is 396 g/mol. The van der Waals surface area contributed by atoms with Crippen molar-refractivity contribution in [1.29, 1.82) is 0 Å². The smallest absolute Gasteiger partial charge is 0.335 e. The third-order valence-electron chi connectivity index (χ3n) is 5.22. The van der Waals surface area contributed by atoms with E-state index in [0.717, 1.165) is 5.56 Å². The van der Waals surface area contributed by atoms with Gasteiger partial charge in [0, 0.05) is 12.6 Å². The maximum atomic E-state index is 13.3. The molecule has 0 bridgehead atoms. The number of fused-ring (bicyclic) bond motifs is 1. The Bertz CT molecular complexity index is 1370. The number of aryl methyl sites for hydroxylation is 1. The first-order chi connectivity index (χ1) is 14.9. The van der Waals surface area contributed by atoms with Gasteiger partial charge in [-0.2, -0.15) is 0 Å². The second kappa shape index (κ2) is 8.31. The second-order valence-electron chi connectivity index (χ2n) is 7.26. The summed E-state index contributed by atoms with van der Waals surface area (Å²) in [6.45, 7) is 0.348. The lowest BCUT2D eigenvalue weighted by atomic mass is 10.1. The van der Waals surface area contributed by atoms with E-state index in [0.29, 0.717) is 22.9 Å². The second-order valence-corrected chi connectivity index (χ2v) is 7.26. The molecule has 156 valence electrons. The van der Waals surface area contributed by atoms with Gasteiger partial charge < -0.3 is 10.2 Å². The van der Waals surface area contributed by atoms with Crippen LogP contribution in [0.3, 0.4) is 0 Å². The fraction of sp³-hybridized carbons (Fsp3) is 0.125. The summed E-state index contributed by atoms with van der Waals surface area (Å²) >= 11 is 0. The molecule has 0 radical (unpaired) electrons. The van der Waals surface area contributed by atoms with Crippen LogP contribution in [0.2, 0.25) is 0 Å². The Morgan fingerprint density at radius 2 is 1.55 bits per heavy atom. The van der Waals surface area contributed by atoms with Gasteiger partial charge in [-0.15, -0.1) is 0 Å². The predicted octanol–water partition coefficient (Wildman–Crippen LogP) is 2.86. The van der Waals surface area contributed by atoms with Crippen molar-refractivity contribution in [3.05, 3.63) is 110 Å². The largest absolute Gasteiger partial charge is 0.508 e. The molecule has 0 aliphatic rings. The fourth-order valence-electron chi connectivity index (χ4n) is 3.58. The van der Waals surface area contributed by atoms with Gasteiger partial charge >= 0.3 is 11.7 Å². The SMILES string of the molecule is O=C(O)c1ccc(Cn2c(=O)n(CCc3ccccc3)c(=O)c3ccc(O)cc32)cc1. The molecule has 0 fully saturated rings. The van der Waals surface area contributed by atoms with Gasteiger partial charge in [0.15, 0.2) is 0 Å². The summed E-state index contributed by atoms with van der Waals surface area (Å²) in [6.07, 6.45) is 0.521. The molecule has 31 heavy (non-hydrogen) atoms. The third kappa shape index (κ3) is 4.11. The molecule has 0 saturated heterocycles. The van der Waals surface area contributed by atoms with Crippen LogP contribution in [0.1, 0.15) is 21.5 Å². The zero-order chi connectivity index (χ0) is 22.0. The molecular formula is C24H20N2O5. The first-order valence-electron chi connectivity index (χ1n) is 9.76. The highest BCUT2D eigenvalue weighted by atomic mass is 16.4. The number of phenols is 1. The van der Waals surface area contributed by atoms with Gasteiger partial charge in [0.25, 0.3) is 5.56 Å². The van der Waals surface area contributed by atoms with Crippen molar-refractivity contribution in [2.75, 3.05) is 0 Å². The molecule has 0 aliphatic carbocycles. The number of nitrogens with zero attached hydrogens (tertiary/aromatic N) is 2. The third-order valence-corrected chi connectivity index (χ3v) is 5.22. The number of aromatic hydroxyl groups is 1. The number of carbonyl (C=O) groups is 1. The summed E-state index contributed by atoms with van der Waals surface area (Å²) in [5.74, 6) is -1.09. The molecule has 0 atom stereocenters. The molecule has 7 nitrogen and oxygen atoms in total. The van der Waals surface area contributed by atoms with E-state index in [1.807, 2.05) is 30.3 Å². The summed E-state index contributed by atoms with van der Waals surface area (Å²) in [6, 6.07) is 20.1. The van der Waals surface area contributed by atoms with Crippen LogP contribution in [-0.4, -0.2) is 25.3 Å². The Kier molecular flexibility index (Phi) is 5.41. The highest BCUT2D eigenvalue weighted by Crippen LogP contribution is 2.17. The van der Waals surface area contributed by atoms with Crippen LogP contribution < -0.4 is 11.2 Å². The molecule has 4 rings (SSSR count). The van der Waals surface area contributed by atoms with Crippen molar-refractivity contribution in [2.45, 2.75) is 19.5 Å². The zero-order valence-corrected chi connectivity index (χ0v) is 16.6. The van der Waals surface area contributed by atoms with Gasteiger partial charge in [-0.05, 0) is 41.8 Å². The number of benzene rings is 3. The molecule has 0 aliphatic heterocycles. The van der Waals surface area contributed by atoms with Crippen molar-refractivity contribution in [3.63, 3.8) is 0 Å². The van der Waals surface area contributed by atoms with Crippen molar-refractivity contribution in [1.82, 2.24) is 9.13 Å². The van der Waals surface area contributed by atoms with Crippen LogP contribution in [0.4, 0.5) is 0 Å². The van der Waals surface area contributed by atoms with Crippen LogP contribution >= 0.6 is 0 Å². The van der Waals surface area contributed by atoms with E-state index in [2.05, 4.69) is 0 Å². The van der Waals surface area contributed by atoms with Crippen LogP contribution in [0, 0.1) is 0 Å². The fourth-order valence-corrected chi connectivity index (χ4v) is 3.58. The monoisotopic (exact) mass is 416 g/mol. The molecule has 3 aromatic carbocycles. The lowest BCUT2D eigenvalue weighted by Crippen LogP contribution is -2.40. The molecule has 7 heteroatoms. The summed E-state index contributed by atoms with van der Waals surface area (Å²) in [7, 11) is 0. The lowest BCUT2D eigenvalue weighted by Gasteiger charge is -2.15. The Labute approximate surface area is 177 Å². The average molecular weight is 416 g/mol. The number of rotatable bonds is 6. The standard InChI is InChI=1S/C24H20N2O5/c27-19-10-11-20-21(14-19)26(15-17-6-8-18(9-7-17)23(29)30)24(31)25(22(20)28)13-12-16-4-2-1-3-5-16/h1-11,14,27H,12-13,15H2,(H,29,30). The summed E-state index contributed by atoms with van der Waals surface area (Å²) in [5.41, 5.74) is 1.29. The topological polar surface area (TPSA) is 102 Å². The van der Waals surface area contributed by atoms with Gasteiger partial charge in [0.2, 0.25) is 0 Å². The molecule has 2 N–H and O–H groups in total. The molecule has 0 amide bonds. The first-order valence-corrected chi connectivity index (χ1v) is 9.76. The van der Waals surface area contributed by atoms with Crippen LogP contribution in [-0.2, 0) is 19.5 Å². The van der Waals surface area contributed by atoms with Crippen molar-refractivity contribution < 1.29 is 15.0 Å². The average Bonchev–Trinajstić information content (AvgIpc) is 2.77. The molecule has 1 aromatic heterocycles. The first kappa shape index (κ1) is 20.2. The minimum Gasteiger partial charge on any atom is -0.508 e. The van der Waals surface area contributed by atoms with E-state index in [4.69, 9.17) is 5.11 Å². The molecule has 4 aromatic rings. The number of aromatic nitrogens is 2. The lowest BCUT2D eigenvalue weighted by molar-refractivity contribution is 0.0697. The maximum Gasteiger partial charge on any atom is 0.335 e. The highest BCUT2D eigenvalue weighted by Gasteiger charge is 2.14. The molecule has 0 spiro atoms. The molecule has 0 unspecified atom stereocenters. The minimum absolute atomic E-state index is 0.0525. The number of hydrogen-bond acceptors (Lipinski definition) is 4. The van der Waals surface area contributed by atoms with Crippen LogP contribution in [0.25, 0.3) is 10.9 Å². The quantitative estimate of drug-likeness (QED) is 0.503. The van der Waals surface area contributed by atoms with Gasteiger partial charge in [-0.1, -0.05) is 42.5 Å². The predicted molar refractivity (Wildman–Crippen MR) is 117 cm³/mol. The van der Waals surface area contributed by atoms with Crippen LogP contribution in [0.5, 0.6) is 5.75 Å². The van der Waals surface area contributed by atoms with E-state index < -0.39 is 17.2 Å². The zero-order valence-electron chi connectivity index (χ0n) is 16.6. The maximum absolute atomic E-state index is 13.3. The van der Waals surface area contributed by atoms with E-state index >= 15 is 0 Å². The minimum atomic E-state index is -1.03. The number of hydrogen-bond donors (Lipinski definition) is 2. The number of carboxylic acids is 1. The number of carboxylic acid groups (broad SMARTS) is 1. The Morgan fingerprint density at radius 1 is 0.839 bits per heavy atom. The van der Waals surface area contributed by atoms with Crippen molar-refractivity contribution in [3.8, 4) is 5.75 Å². The van der Waals surface area contributed by atoms with Crippen LogP contribution in [0.15, 0.2) is 82.4 Å². The Balaban J connectivity index is 1.80.